The molecule has 3 nitrogen and oxygen atoms in total. The molecule has 1 heterocycles. The van der Waals surface area contributed by atoms with Gasteiger partial charge in [0.05, 0.1) is 0 Å². The lowest BCUT2D eigenvalue weighted by Gasteiger charge is -2.09. The summed E-state index contributed by atoms with van der Waals surface area (Å²) in [6.07, 6.45) is -0.372. The fourth-order valence-corrected chi connectivity index (χ4v) is 1.30. The lowest BCUT2D eigenvalue weighted by Crippen LogP contribution is -2.08. The van der Waals surface area contributed by atoms with Gasteiger partial charge in [0.1, 0.15) is 5.76 Å². The Labute approximate surface area is 96.3 Å². The standard InChI is InChI=1S/C10H11IO3/c1-6(2)10(12)13-7(3)8-4-5-9(11)14-8/h4-5,7H,1H2,2-3H3. The SMILES string of the molecule is C=C(C)C(=O)OC(C)c1ccc(I)o1. The summed E-state index contributed by atoms with van der Waals surface area (Å²) < 4.78 is 11.2. The van der Waals surface area contributed by atoms with Crippen molar-refractivity contribution in [3.05, 3.63) is 33.8 Å². The van der Waals surface area contributed by atoms with Crippen LogP contribution in [0.2, 0.25) is 0 Å². The second-order valence-electron chi connectivity index (χ2n) is 2.97. The fraction of sp³-hybridized carbons (Fsp3) is 0.300. The zero-order chi connectivity index (χ0) is 10.7. The molecule has 0 aromatic carbocycles. The molecule has 1 rings (SSSR count). The number of ether oxygens (including phenoxy) is 1. The van der Waals surface area contributed by atoms with Gasteiger partial charge >= 0.3 is 5.97 Å². The molecule has 1 aromatic rings. The monoisotopic (exact) mass is 306 g/mol. The van der Waals surface area contributed by atoms with Crippen molar-refractivity contribution >= 4 is 28.6 Å². The summed E-state index contributed by atoms with van der Waals surface area (Å²) in [6, 6.07) is 3.61. The molecule has 0 aliphatic heterocycles. The number of halogens is 1. The molecule has 1 aromatic heterocycles. The maximum absolute atomic E-state index is 11.2. The van der Waals surface area contributed by atoms with Crippen molar-refractivity contribution in [3.63, 3.8) is 0 Å². The number of carbonyl (C=O) groups is 1. The van der Waals surface area contributed by atoms with Gasteiger partial charge < -0.3 is 9.15 Å². The third-order valence-electron chi connectivity index (χ3n) is 1.63. The van der Waals surface area contributed by atoms with E-state index in [1.807, 2.05) is 6.07 Å². The van der Waals surface area contributed by atoms with Gasteiger partial charge in [-0.1, -0.05) is 6.58 Å². The molecule has 1 atom stereocenters. The van der Waals surface area contributed by atoms with E-state index in [0.29, 0.717) is 11.3 Å². The first-order valence-corrected chi connectivity index (χ1v) is 5.20. The van der Waals surface area contributed by atoms with Crippen molar-refractivity contribution in [1.29, 1.82) is 0 Å². The van der Waals surface area contributed by atoms with Crippen molar-refractivity contribution in [2.75, 3.05) is 0 Å². The highest BCUT2D eigenvalue weighted by Gasteiger charge is 2.15. The number of rotatable bonds is 3. The van der Waals surface area contributed by atoms with Crippen molar-refractivity contribution in [2.45, 2.75) is 20.0 Å². The molecule has 0 saturated carbocycles. The van der Waals surface area contributed by atoms with Crippen LogP contribution in [-0.2, 0) is 9.53 Å². The van der Waals surface area contributed by atoms with Crippen molar-refractivity contribution in [2.24, 2.45) is 0 Å². The van der Waals surface area contributed by atoms with E-state index in [2.05, 4.69) is 29.2 Å². The predicted octanol–water partition coefficient (Wildman–Crippen LogP) is 3.06. The zero-order valence-electron chi connectivity index (χ0n) is 8.04. The molecule has 0 bridgehead atoms. The Morgan fingerprint density at radius 1 is 1.64 bits per heavy atom. The Hall–Kier alpha value is -0.780. The van der Waals surface area contributed by atoms with Crippen LogP contribution in [0.15, 0.2) is 28.7 Å². The molecule has 0 N–H and O–H groups in total. The Bertz CT molecular complexity index is 354. The first-order valence-electron chi connectivity index (χ1n) is 4.12. The molecule has 1 unspecified atom stereocenters. The van der Waals surface area contributed by atoms with Crippen LogP contribution in [0.3, 0.4) is 0 Å². The summed E-state index contributed by atoms with van der Waals surface area (Å²) in [5, 5.41) is 0. The number of hydrogen-bond donors (Lipinski definition) is 0. The first-order chi connectivity index (χ1) is 6.50. The molecule has 0 aliphatic rings. The largest absolute Gasteiger partial charge is 0.451 e. The topological polar surface area (TPSA) is 39.4 Å². The summed E-state index contributed by atoms with van der Waals surface area (Å²) >= 11 is 2.06. The second-order valence-corrected chi connectivity index (χ2v) is 4.03. The second kappa shape index (κ2) is 4.63. The minimum Gasteiger partial charge on any atom is -0.451 e. The molecule has 76 valence electrons. The van der Waals surface area contributed by atoms with Gasteiger partial charge in [-0.05, 0) is 48.6 Å². The Kier molecular flexibility index (Phi) is 3.74. The summed E-state index contributed by atoms with van der Waals surface area (Å²) in [6.45, 7) is 6.87. The van der Waals surface area contributed by atoms with Gasteiger partial charge in [-0.3, -0.25) is 0 Å². The van der Waals surface area contributed by atoms with Crippen LogP contribution in [0, 0.1) is 3.77 Å². The van der Waals surface area contributed by atoms with Gasteiger partial charge in [-0.15, -0.1) is 0 Å². The van der Waals surface area contributed by atoms with Crippen LogP contribution < -0.4 is 0 Å². The Balaban J connectivity index is 2.63. The van der Waals surface area contributed by atoms with Crippen molar-refractivity contribution in [1.82, 2.24) is 0 Å². The van der Waals surface area contributed by atoms with E-state index in [1.165, 1.54) is 0 Å². The van der Waals surface area contributed by atoms with E-state index in [-0.39, 0.29) is 6.10 Å². The molecule has 0 saturated heterocycles. The number of hydrogen-bond acceptors (Lipinski definition) is 3. The van der Waals surface area contributed by atoms with Gasteiger partial charge in [0, 0.05) is 5.57 Å². The minimum absolute atomic E-state index is 0.372. The van der Waals surface area contributed by atoms with E-state index < -0.39 is 5.97 Å². The average molecular weight is 306 g/mol. The van der Waals surface area contributed by atoms with Crippen LogP contribution in [-0.4, -0.2) is 5.97 Å². The van der Waals surface area contributed by atoms with Crippen molar-refractivity contribution < 1.29 is 13.9 Å². The molecular weight excluding hydrogens is 295 g/mol. The number of esters is 1. The molecule has 4 heteroatoms. The molecule has 0 fully saturated rings. The smallest absolute Gasteiger partial charge is 0.333 e. The molecule has 0 amide bonds. The first kappa shape index (κ1) is 11.3. The zero-order valence-corrected chi connectivity index (χ0v) is 10.2. The van der Waals surface area contributed by atoms with Gasteiger partial charge in [-0.25, -0.2) is 4.79 Å². The number of furan rings is 1. The highest BCUT2D eigenvalue weighted by Crippen LogP contribution is 2.21. The van der Waals surface area contributed by atoms with Crippen molar-refractivity contribution in [3.8, 4) is 0 Å². The summed E-state index contributed by atoms with van der Waals surface area (Å²) in [4.78, 5) is 11.2. The van der Waals surface area contributed by atoms with Crippen LogP contribution in [0.1, 0.15) is 25.7 Å². The summed E-state index contributed by atoms with van der Waals surface area (Å²) in [7, 11) is 0. The van der Waals surface area contributed by atoms with Gasteiger partial charge in [-0.2, -0.15) is 0 Å². The molecule has 14 heavy (non-hydrogen) atoms. The molecular formula is C10H11IO3. The van der Waals surface area contributed by atoms with Crippen LogP contribution in [0.4, 0.5) is 0 Å². The van der Waals surface area contributed by atoms with E-state index in [9.17, 15) is 4.79 Å². The third kappa shape index (κ3) is 2.87. The predicted molar refractivity (Wildman–Crippen MR) is 60.7 cm³/mol. The lowest BCUT2D eigenvalue weighted by atomic mass is 10.3. The van der Waals surface area contributed by atoms with Crippen LogP contribution in [0.5, 0.6) is 0 Å². The van der Waals surface area contributed by atoms with Gasteiger partial charge in [0.25, 0.3) is 0 Å². The Morgan fingerprint density at radius 2 is 2.29 bits per heavy atom. The lowest BCUT2D eigenvalue weighted by molar-refractivity contribution is -0.144. The Morgan fingerprint density at radius 3 is 2.71 bits per heavy atom. The maximum Gasteiger partial charge on any atom is 0.333 e. The molecule has 0 radical (unpaired) electrons. The van der Waals surface area contributed by atoms with Gasteiger partial charge in [0.15, 0.2) is 9.87 Å². The molecule has 0 spiro atoms. The normalized spacial score (nSPS) is 12.2. The minimum atomic E-state index is -0.399. The van der Waals surface area contributed by atoms with E-state index in [0.717, 1.165) is 3.77 Å². The summed E-state index contributed by atoms with van der Waals surface area (Å²) in [5.41, 5.74) is 0.387. The fourth-order valence-electron chi connectivity index (χ4n) is 0.866. The average Bonchev–Trinajstić information content (AvgIpc) is 2.51. The highest BCUT2D eigenvalue weighted by atomic mass is 127. The third-order valence-corrected chi connectivity index (χ3v) is 2.21. The van der Waals surface area contributed by atoms with E-state index >= 15 is 0 Å². The van der Waals surface area contributed by atoms with Gasteiger partial charge in [0.2, 0.25) is 0 Å². The maximum atomic E-state index is 11.2. The number of carbonyl (C=O) groups excluding carboxylic acids is 1. The van der Waals surface area contributed by atoms with Crippen LogP contribution in [0.25, 0.3) is 0 Å². The highest BCUT2D eigenvalue weighted by molar-refractivity contribution is 14.1. The molecule has 0 aliphatic carbocycles. The quantitative estimate of drug-likeness (QED) is 0.489. The van der Waals surface area contributed by atoms with E-state index in [4.69, 9.17) is 9.15 Å². The summed E-state index contributed by atoms with van der Waals surface area (Å²) in [5.74, 6) is 0.243. The van der Waals surface area contributed by atoms with E-state index in [1.54, 1.807) is 19.9 Å². The van der Waals surface area contributed by atoms with Crippen LogP contribution >= 0.6 is 22.6 Å².